The van der Waals surface area contributed by atoms with Gasteiger partial charge in [0.25, 0.3) is 0 Å². The Bertz CT molecular complexity index is 643. The molecule has 2 aromatic rings. The van der Waals surface area contributed by atoms with Gasteiger partial charge >= 0.3 is 0 Å². The molecule has 0 saturated heterocycles. The minimum atomic E-state index is -0.133. The summed E-state index contributed by atoms with van der Waals surface area (Å²) in [4.78, 5) is 0. The van der Waals surface area contributed by atoms with E-state index in [-0.39, 0.29) is 6.04 Å². The third-order valence-corrected chi connectivity index (χ3v) is 3.64. The quantitative estimate of drug-likeness (QED) is 0.313. The summed E-state index contributed by atoms with van der Waals surface area (Å²) in [7, 11) is 3.57. The zero-order valence-electron chi connectivity index (χ0n) is 13.0. The summed E-state index contributed by atoms with van der Waals surface area (Å²) < 4.78 is 5.56. The van der Waals surface area contributed by atoms with Crippen LogP contribution in [-0.2, 0) is 0 Å². The van der Waals surface area contributed by atoms with Crippen molar-refractivity contribution in [3.05, 3.63) is 42.0 Å². The molecule has 5 N–H and O–H groups in total. The van der Waals surface area contributed by atoms with Crippen LogP contribution in [0.1, 0.15) is 18.0 Å². The number of fused-ring (bicyclic) bond motifs is 1. The Balaban J connectivity index is 2.50. The van der Waals surface area contributed by atoms with Crippen molar-refractivity contribution >= 4 is 17.1 Å². The molecule has 0 aliphatic rings. The zero-order valence-corrected chi connectivity index (χ0v) is 13.0. The van der Waals surface area contributed by atoms with Crippen molar-refractivity contribution in [3.8, 4) is 5.75 Å². The van der Waals surface area contributed by atoms with E-state index >= 15 is 0 Å². The van der Waals surface area contributed by atoms with Gasteiger partial charge in [0, 0.05) is 5.56 Å². The molecule has 0 amide bonds. The third-order valence-electron chi connectivity index (χ3n) is 3.64. The molecule has 0 fully saturated rings. The van der Waals surface area contributed by atoms with Crippen molar-refractivity contribution in [2.75, 3.05) is 20.7 Å². The van der Waals surface area contributed by atoms with Crippen LogP contribution in [-0.4, -0.2) is 32.2 Å². The Kier molecular flexibility index (Phi) is 5.57. The van der Waals surface area contributed by atoms with Crippen LogP contribution in [0.5, 0.6) is 5.75 Å². The summed E-state index contributed by atoms with van der Waals surface area (Å²) in [6, 6.07) is 12.1. The molecule has 6 nitrogen and oxygen atoms in total. The Labute approximate surface area is 130 Å². The van der Waals surface area contributed by atoms with Crippen molar-refractivity contribution in [1.29, 1.82) is 0 Å². The molecule has 22 heavy (non-hydrogen) atoms. The lowest BCUT2D eigenvalue weighted by atomic mass is 9.98. The van der Waals surface area contributed by atoms with Crippen LogP contribution in [0.25, 0.3) is 10.8 Å². The molecule has 1 unspecified atom stereocenters. The second-order valence-electron chi connectivity index (χ2n) is 4.99. The molecule has 118 valence electrons. The topological polar surface area (TPSA) is 88.9 Å². The van der Waals surface area contributed by atoms with Gasteiger partial charge in [-0.25, -0.2) is 11.0 Å². The third kappa shape index (κ3) is 3.47. The first kappa shape index (κ1) is 16.1. The van der Waals surface area contributed by atoms with Crippen molar-refractivity contribution in [1.82, 2.24) is 10.4 Å². The van der Waals surface area contributed by atoms with Crippen LogP contribution < -0.4 is 21.6 Å². The number of ether oxygens (including phenoxy) is 1. The maximum Gasteiger partial charge on any atom is 0.124 e. The van der Waals surface area contributed by atoms with E-state index in [1.54, 1.807) is 7.11 Å². The molecule has 6 heteroatoms. The molecule has 0 radical (unpaired) electrons. The molecule has 0 bridgehead atoms. The molecule has 2 aromatic carbocycles. The monoisotopic (exact) mass is 301 g/mol. The van der Waals surface area contributed by atoms with Gasteiger partial charge in [0.05, 0.1) is 13.2 Å². The van der Waals surface area contributed by atoms with Crippen molar-refractivity contribution in [2.24, 2.45) is 16.7 Å². The van der Waals surface area contributed by atoms with Gasteiger partial charge in [0.15, 0.2) is 0 Å². The van der Waals surface area contributed by atoms with Crippen molar-refractivity contribution in [3.63, 3.8) is 0 Å². The molecule has 0 spiro atoms. The molecule has 2 rings (SSSR count). The average molecular weight is 301 g/mol. The fraction of sp³-hybridized carbons (Fsp3) is 0.312. The molecule has 0 saturated carbocycles. The second kappa shape index (κ2) is 7.63. The number of nitrogens with zero attached hydrogens (tertiary/aromatic N) is 2. The molecular weight excluding hydrogens is 278 g/mol. The lowest BCUT2D eigenvalue weighted by Gasteiger charge is -2.26. The summed E-state index contributed by atoms with van der Waals surface area (Å²) >= 11 is 0. The fourth-order valence-electron chi connectivity index (χ4n) is 2.54. The zero-order chi connectivity index (χ0) is 15.9. The van der Waals surface area contributed by atoms with E-state index in [2.05, 4.69) is 28.6 Å². The Morgan fingerprint density at radius 1 is 1.32 bits per heavy atom. The van der Waals surface area contributed by atoms with Gasteiger partial charge < -0.3 is 15.8 Å². The van der Waals surface area contributed by atoms with Gasteiger partial charge in [0.1, 0.15) is 12.1 Å². The molecule has 1 atom stereocenters. The fourth-order valence-corrected chi connectivity index (χ4v) is 2.54. The average Bonchev–Trinajstić information content (AvgIpc) is 2.54. The first-order valence-corrected chi connectivity index (χ1v) is 7.20. The highest BCUT2D eigenvalue weighted by molar-refractivity contribution is 5.85. The minimum absolute atomic E-state index is 0.133. The van der Waals surface area contributed by atoms with Crippen molar-refractivity contribution in [2.45, 2.75) is 12.5 Å². The number of rotatable bonds is 7. The number of hydrogen-bond donors (Lipinski definition) is 3. The van der Waals surface area contributed by atoms with Gasteiger partial charge in [-0.2, -0.15) is 5.10 Å². The van der Waals surface area contributed by atoms with Crippen LogP contribution in [0.4, 0.5) is 0 Å². The normalized spacial score (nSPS) is 12.7. The van der Waals surface area contributed by atoms with Gasteiger partial charge in [-0.05, 0) is 42.9 Å². The lowest BCUT2D eigenvalue weighted by Crippen LogP contribution is -2.33. The van der Waals surface area contributed by atoms with E-state index in [1.165, 1.54) is 11.5 Å². The lowest BCUT2D eigenvalue weighted by molar-refractivity contribution is 0.197. The van der Waals surface area contributed by atoms with E-state index < -0.39 is 0 Å². The number of nitrogens with one attached hydrogen (secondary N) is 1. The minimum Gasteiger partial charge on any atom is -0.496 e. The van der Waals surface area contributed by atoms with Crippen molar-refractivity contribution < 1.29 is 4.74 Å². The molecular formula is C16H23N5O. The number of hydrazone groups is 1. The van der Waals surface area contributed by atoms with E-state index in [9.17, 15) is 0 Å². The Morgan fingerprint density at radius 3 is 2.59 bits per heavy atom. The maximum absolute atomic E-state index is 6.04. The predicted molar refractivity (Wildman–Crippen MR) is 90.5 cm³/mol. The van der Waals surface area contributed by atoms with Gasteiger partial charge in [0.2, 0.25) is 0 Å². The van der Waals surface area contributed by atoms with Gasteiger partial charge in [-0.1, -0.05) is 24.3 Å². The van der Waals surface area contributed by atoms with Gasteiger partial charge in [-0.3, -0.25) is 0 Å². The smallest absolute Gasteiger partial charge is 0.124 e. The van der Waals surface area contributed by atoms with Crippen LogP contribution in [0.3, 0.4) is 0 Å². The van der Waals surface area contributed by atoms with Crippen LogP contribution >= 0.6 is 0 Å². The number of nitrogens with two attached hydrogens (primary N) is 2. The molecule has 0 aliphatic heterocycles. The highest BCUT2D eigenvalue weighted by atomic mass is 16.5. The standard InChI is InChI=1S/C16H23N5O/c1-19-8-7-15(21(18)20-11-17)14-9-12-5-3-4-6-13(12)10-16(14)22-2/h3-6,9-11,15,19H,7-8,18H2,1-2H3,(H2,17,20). The summed E-state index contributed by atoms with van der Waals surface area (Å²) in [6.45, 7) is 0.800. The molecule has 0 heterocycles. The van der Waals surface area contributed by atoms with E-state index in [0.29, 0.717) is 0 Å². The summed E-state index contributed by atoms with van der Waals surface area (Å²) in [5, 5.41) is 10.8. The SMILES string of the molecule is CNCCC(c1cc2ccccc2cc1OC)N(N)/N=C\N. The second-order valence-corrected chi connectivity index (χ2v) is 4.99. The van der Waals surface area contributed by atoms with E-state index in [0.717, 1.165) is 35.1 Å². The maximum atomic E-state index is 6.04. The van der Waals surface area contributed by atoms with Gasteiger partial charge in [-0.15, -0.1) is 0 Å². The first-order chi connectivity index (χ1) is 10.7. The summed E-state index contributed by atoms with van der Waals surface area (Å²) in [5.74, 6) is 6.83. The number of benzene rings is 2. The highest BCUT2D eigenvalue weighted by Crippen LogP contribution is 2.34. The number of hydrazine groups is 1. The first-order valence-electron chi connectivity index (χ1n) is 7.20. The largest absolute Gasteiger partial charge is 0.496 e. The highest BCUT2D eigenvalue weighted by Gasteiger charge is 2.21. The van der Waals surface area contributed by atoms with Crippen LogP contribution in [0.15, 0.2) is 41.5 Å². The Hall–Kier alpha value is -2.31. The molecule has 0 aliphatic carbocycles. The van der Waals surface area contributed by atoms with E-state index in [1.807, 2.05) is 25.2 Å². The van der Waals surface area contributed by atoms with E-state index in [4.69, 9.17) is 16.3 Å². The summed E-state index contributed by atoms with van der Waals surface area (Å²) in [6.07, 6.45) is 1.97. The number of methoxy groups -OCH3 is 1. The van der Waals surface area contributed by atoms with Crippen LogP contribution in [0.2, 0.25) is 0 Å². The molecule has 0 aromatic heterocycles. The number of hydrogen-bond acceptors (Lipinski definition) is 5. The Morgan fingerprint density at radius 2 is 2.00 bits per heavy atom. The summed E-state index contributed by atoms with van der Waals surface area (Å²) in [5.41, 5.74) is 6.37. The predicted octanol–water partition coefficient (Wildman–Crippen LogP) is 1.58. The van der Waals surface area contributed by atoms with Crippen LogP contribution in [0, 0.1) is 0 Å².